The van der Waals surface area contributed by atoms with Gasteiger partial charge in [0.05, 0.1) is 0 Å². The van der Waals surface area contributed by atoms with Crippen LogP contribution in [0.3, 0.4) is 0 Å². The Kier molecular flexibility index (Phi) is 6.50. The van der Waals surface area contributed by atoms with E-state index in [1.807, 2.05) is 6.20 Å². The maximum absolute atomic E-state index is 4.58. The summed E-state index contributed by atoms with van der Waals surface area (Å²) in [4.78, 5) is 7.03. The molecule has 3 heteroatoms. The van der Waals surface area contributed by atoms with Gasteiger partial charge in [0.2, 0.25) is 0 Å². The highest BCUT2D eigenvalue weighted by Crippen LogP contribution is 2.18. The molecule has 1 fully saturated rings. The van der Waals surface area contributed by atoms with E-state index in [4.69, 9.17) is 0 Å². The van der Waals surface area contributed by atoms with E-state index in [2.05, 4.69) is 48.1 Å². The molecule has 1 saturated heterocycles. The maximum atomic E-state index is 4.58. The van der Waals surface area contributed by atoms with Crippen molar-refractivity contribution in [1.82, 2.24) is 10.3 Å². The molecule has 0 aromatic carbocycles. The molecule has 1 aliphatic rings. The van der Waals surface area contributed by atoms with Gasteiger partial charge in [0.1, 0.15) is 5.82 Å². The van der Waals surface area contributed by atoms with Crippen LogP contribution in [-0.4, -0.2) is 24.1 Å². The second kappa shape index (κ2) is 8.38. The van der Waals surface area contributed by atoms with Crippen LogP contribution in [0.1, 0.15) is 58.4 Å². The Bertz CT molecular complexity index is 409. The minimum absolute atomic E-state index is 0.569. The first-order valence-corrected chi connectivity index (χ1v) is 8.58. The maximum Gasteiger partial charge on any atom is 0.128 e. The van der Waals surface area contributed by atoms with Crippen molar-refractivity contribution in [2.24, 2.45) is 5.92 Å². The molecular formula is C18H31N3. The Labute approximate surface area is 130 Å². The number of pyridine rings is 1. The minimum atomic E-state index is 0.569. The predicted molar refractivity (Wildman–Crippen MR) is 90.7 cm³/mol. The molecule has 118 valence electrons. The molecule has 0 aliphatic carbocycles. The van der Waals surface area contributed by atoms with Gasteiger partial charge in [-0.05, 0) is 49.8 Å². The van der Waals surface area contributed by atoms with E-state index in [9.17, 15) is 0 Å². The Morgan fingerprint density at radius 3 is 2.52 bits per heavy atom. The highest BCUT2D eigenvalue weighted by molar-refractivity contribution is 5.41. The van der Waals surface area contributed by atoms with Crippen molar-refractivity contribution >= 4 is 5.82 Å². The molecular weight excluding hydrogens is 258 g/mol. The second-order valence-electron chi connectivity index (χ2n) is 6.84. The van der Waals surface area contributed by atoms with Crippen LogP contribution >= 0.6 is 0 Å². The molecule has 2 rings (SSSR count). The quantitative estimate of drug-likeness (QED) is 0.858. The van der Waals surface area contributed by atoms with Crippen LogP contribution in [0, 0.1) is 5.92 Å². The van der Waals surface area contributed by atoms with Gasteiger partial charge in [-0.2, -0.15) is 0 Å². The molecule has 1 aromatic rings. The molecule has 0 unspecified atom stereocenters. The smallest absolute Gasteiger partial charge is 0.128 e. The first kappa shape index (κ1) is 16.3. The van der Waals surface area contributed by atoms with Gasteiger partial charge in [0.15, 0.2) is 0 Å². The minimum Gasteiger partial charge on any atom is -0.357 e. The van der Waals surface area contributed by atoms with Gasteiger partial charge in [0.25, 0.3) is 0 Å². The van der Waals surface area contributed by atoms with Crippen molar-refractivity contribution in [3.63, 3.8) is 0 Å². The molecule has 1 aliphatic heterocycles. The number of aromatic nitrogens is 1. The van der Waals surface area contributed by atoms with Crippen molar-refractivity contribution in [2.75, 3.05) is 18.0 Å². The zero-order chi connectivity index (χ0) is 15.1. The molecule has 0 bridgehead atoms. The molecule has 1 N–H and O–H groups in total. The van der Waals surface area contributed by atoms with Gasteiger partial charge in [-0.15, -0.1) is 0 Å². The van der Waals surface area contributed by atoms with Crippen molar-refractivity contribution in [2.45, 2.75) is 65.5 Å². The van der Waals surface area contributed by atoms with Crippen molar-refractivity contribution < 1.29 is 0 Å². The topological polar surface area (TPSA) is 28.2 Å². The molecule has 0 radical (unpaired) electrons. The van der Waals surface area contributed by atoms with Gasteiger partial charge in [0, 0.05) is 31.9 Å². The third kappa shape index (κ3) is 5.66. The average molecular weight is 289 g/mol. The lowest BCUT2D eigenvalue weighted by Crippen LogP contribution is -2.27. The highest BCUT2D eigenvalue weighted by atomic mass is 15.2. The van der Waals surface area contributed by atoms with Crippen LogP contribution in [-0.2, 0) is 6.54 Å². The number of rotatable bonds is 6. The summed E-state index contributed by atoms with van der Waals surface area (Å²) in [5.74, 6) is 1.91. The standard InChI is InChI=1S/C18H31N3/c1-15(2)12-16(3)20-14-17-8-9-19-18(13-17)21-10-6-4-5-7-11-21/h8-9,13,15-16,20H,4-7,10-12,14H2,1-3H3/t16-/m1/s1. The normalized spacial score (nSPS) is 17.8. The lowest BCUT2D eigenvalue weighted by Gasteiger charge is -2.22. The number of hydrogen-bond acceptors (Lipinski definition) is 3. The van der Waals surface area contributed by atoms with E-state index < -0.39 is 0 Å². The molecule has 0 saturated carbocycles. The fraction of sp³-hybridized carbons (Fsp3) is 0.722. The summed E-state index contributed by atoms with van der Waals surface area (Å²) in [5.41, 5.74) is 1.35. The summed E-state index contributed by atoms with van der Waals surface area (Å²) in [6.07, 6.45) is 8.52. The van der Waals surface area contributed by atoms with Crippen LogP contribution in [0.5, 0.6) is 0 Å². The Morgan fingerprint density at radius 1 is 1.14 bits per heavy atom. The van der Waals surface area contributed by atoms with Crippen LogP contribution in [0.4, 0.5) is 5.82 Å². The molecule has 21 heavy (non-hydrogen) atoms. The van der Waals surface area contributed by atoms with E-state index in [-0.39, 0.29) is 0 Å². The summed E-state index contributed by atoms with van der Waals surface area (Å²) < 4.78 is 0. The van der Waals surface area contributed by atoms with Gasteiger partial charge in [-0.1, -0.05) is 26.7 Å². The van der Waals surface area contributed by atoms with E-state index in [0.29, 0.717) is 6.04 Å². The van der Waals surface area contributed by atoms with Crippen molar-refractivity contribution in [1.29, 1.82) is 0 Å². The SMILES string of the molecule is CC(C)C[C@@H](C)NCc1ccnc(N2CCCCCC2)c1. The molecule has 1 aromatic heterocycles. The van der Waals surface area contributed by atoms with E-state index in [1.165, 1.54) is 37.7 Å². The fourth-order valence-electron chi connectivity index (χ4n) is 3.13. The lowest BCUT2D eigenvalue weighted by molar-refractivity contribution is 0.441. The molecule has 0 spiro atoms. The lowest BCUT2D eigenvalue weighted by atomic mass is 10.1. The summed E-state index contributed by atoms with van der Waals surface area (Å²) in [7, 11) is 0. The summed E-state index contributed by atoms with van der Waals surface area (Å²) in [6, 6.07) is 4.97. The van der Waals surface area contributed by atoms with Gasteiger partial charge in [-0.3, -0.25) is 0 Å². The van der Waals surface area contributed by atoms with Crippen LogP contribution < -0.4 is 10.2 Å². The molecule has 3 nitrogen and oxygen atoms in total. The van der Waals surface area contributed by atoms with E-state index in [1.54, 1.807) is 0 Å². The van der Waals surface area contributed by atoms with Gasteiger partial charge in [-0.25, -0.2) is 4.98 Å². The number of anilines is 1. The first-order valence-electron chi connectivity index (χ1n) is 8.58. The Morgan fingerprint density at radius 2 is 1.86 bits per heavy atom. The predicted octanol–water partition coefficient (Wildman–Crippen LogP) is 3.99. The van der Waals surface area contributed by atoms with E-state index in [0.717, 1.165) is 31.4 Å². The van der Waals surface area contributed by atoms with Gasteiger partial charge < -0.3 is 10.2 Å². The Hall–Kier alpha value is -1.09. The largest absolute Gasteiger partial charge is 0.357 e. The van der Waals surface area contributed by atoms with Gasteiger partial charge >= 0.3 is 0 Å². The number of hydrogen-bond donors (Lipinski definition) is 1. The van der Waals surface area contributed by atoms with E-state index >= 15 is 0 Å². The summed E-state index contributed by atoms with van der Waals surface area (Å²) in [6.45, 7) is 10.1. The highest BCUT2D eigenvalue weighted by Gasteiger charge is 2.11. The number of nitrogens with zero attached hydrogens (tertiary/aromatic N) is 2. The molecule has 0 amide bonds. The zero-order valence-corrected chi connectivity index (χ0v) is 13.9. The van der Waals surface area contributed by atoms with Crippen LogP contribution in [0.25, 0.3) is 0 Å². The fourth-order valence-corrected chi connectivity index (χ4v) is 3.13. The first-order chi connectivity index (χ1) is 10.1. The summed E-state index contributed by atoms with van der Waals surface area (Å²) in [5, 5.41) is 3.63. The Balaban J connectivity index is 1.90. The van der Waals surface area contributed by atoms with Crippen molar-refractivity contribution in [3.8, 4) is 0 Å². The third-order valence-electron chi connectivity index (χ3n) is 4.22. The summed E-state index contributed by atoms with van der Waals surface area (Å²) >= 11 is 0. The average Bonchev–Trinajstić information content (AvgIpc) is 2.74. The monoisotopic (exact) mass is 289 g/mol. The number of nitrogens with one attached hydrogen (secondary N) is 1. The van der Waals surface area contributed by atoms with Crippen LogP contribution in [0.2, 0.25) is 0 Å². The molecule has 2 heterocycles. The molecule has 1 atom stereocenters. The second-order valence-corrected chi connectivity index (χ2v) is 6.84. The zero-order valence-electron chi connectivity index (χ0n) is 13.9. The van der Waals surface area contributed by atoms with Crippen LogP contribution in [0.15, 0.2) is 18.3 Å². The third-order valence-corrected chi connectivity index (χ3v) is 4.22. The van der Waals surface area contributed by atoms with Crippen molar-refractivity contribution in [3.05, 3.63) is 23.9 Å².